The third-order valence-electron chi connectivity index (χ3n) is 3.72. The van der Waals surface area contributed by atoms with Gasteiger partial charge in [0, 0.05) is 7.05 Å². The van der Waals surface area contributed by atoms with Crippen molar-refractivity contribution in [3.8, 4) is 0 Å². The van der Waals surface area contributed by atoms with Crippen LogP contribution in [0.15, 0.2) is 36.4 Å². The number of aromatic nitrogens is 2. The topological polar surface area (TPSA) is 84.2 Å². The minimum Gasteiger partial charge on any atom is -0.479 e. The minimum atomic E-state index is -1.46. The van der Waals surface area contributed by atoms with Gasteiger partial charge in [-0.3, -0.25) is 9.48 Å². The molecule has 1 amide bonds. The molecule has 0 radical (unpaired) electrons. The number of amides is 1. The van der Waals surface area contributed by atoms with Gasteiger partial charge in [0.15, 0.2) is 5.54 Å². The van der Waals surface area contributed by atoms with Gasteiger partial charge in [-0.1, -0.05) is 37.3 Å². The quantitative estimate of drug-likeness (QED) is 0.882. The maximum absolute atomic E-state index is 12.5. The van der Waals surface area contributed by atoms with Crippen molar-refractivity contribution in [2.24, 2.45) is 7.05 Å². The van der Waals surface area contributed by atoms with Gasteiger partial charge in [0.2, 0.25) is 0 Å². The lowest BCUT2D eigenvalue weighted by Crippen LogP contribution is -2.51. The van der Waals surface area contributed by atoms with Gasteiger partial charge in [0.25, 0.3) is 5.91 Å². The van der Waals surface area contributed by atoms with Gasteiger partial charge < -0.3 is 10.4 Å². The Hall–Kier alpha value is -2.63. The highest BCUT2D eigenvalue weighted by Gasteiger charge is 2.40. The summed E-state index contributed by atoms with van der Waals surface area (Å²) in [4.78, 5) is 24.4. The summed E-state index contributed by atoms with van der Waals surface area (Å²) in [6, 6.07) is 10.3. The Morgan fingerprint density at radius 3 is 2.41 bits per heavy atom. The Balaban J connectivity index is 2.42. The Morgan fingerprint density at radius 2 is 1.95 bits per heavy atom. The summed E-state index contributed by atoms with van der Waals surface area (Å²) in [7, 11) is 1.65. The molecule has 2 aromatic rings. The molecule has 0 bridgehead atoms. The van der Waals surface area contributed by atoms with Gasteiger partial charge in [0.05, 0.1) is 5.69 Å². The third kappa shape index (κ3) is 2.72. The molecule has 2 N–H and O–H groups in total. The second-order valence-electron chi connectivity index (χ2n) is 5.18. The molecule has 0 aliphatic rings. The molecule has 0 fully saturated rings. The number of carboxylic acids is 1. The lowest BCUT2D eigenvalue weighted by Gasteiger charge is -2.29. The second-order valence-corrected chi connectivity index (χ2v) is 5.18. The lowest BCUT2D eigenvalue weighted by atomic mass is 9.87. The van der Waals surface area contributed by atoms with E-state index in [1.54, 1.807) is 57.3 Å². The first-order valence-electron chi connectivity index (χ1n) is 7.02. The minimum absolute atomic E-state index is 0.231. The first kappa shape index (κ1) is 15.8. The number of aliphatic carboxylic acids is 1. The summed E-state index contributed by atoms with van der Waals surface area (Å²) < 4.78 is 1.44. The van der Waals surface area contributed by atoms with Crippen LogP contribution in [-0.4, -0.2) is 26.8 Å². The number of hydrogen-bond acceptors (Lipinski definition) is 3. The van der Waals surface area contributed by atoms with E-state index >= 15 is 0 Å². The highest BCUT2D eigenvalue weighted by Crippen LogP contribution is 2.26. The zero-order valence-electron chi connectivity index (χ0n) is 12.8. The molecule has 1 atom stereocenters. The maximum atomic E-state index is 12.5. The number of carboxylic acid groups (broad SMARTS) is 1. The van der Waals surface area contributed by atoms with Crippen molar-refractivity contribution >= 4 is 11.9 Å². The molecule has 1 heterocycles. The number of nitrogens with zero attached hydrogens (tertiary/aromatic N) is 2. The molecule has 0 spiro atoms. The number of carbonyl (C=O) groups is 2. The molecule has 0 aliphatic carbocycles. The molecule has 0 unspecified atom stereocenters. The van der Waals surface area contributed by atoms with Crippen LogP contribution in [0.25, 0.3) is 0 Å². The number of rotatable bonds is 5. The largest absolute Gasteiger partial charge is 0.479 e. The molecular weight excluding hydrogens is 282 g/mol. The van der Waals surface area contributed by atoms with Crippen LogP contribution in [0.5, 0.6) is 0 Å². The predicted octanol–water partition coefficient (Wildman–Crippen LogP) is 1.85. The van der Waals surface area contributed by atoms with Crippen molar-refractivity contribution in [3.05, 3.63) is 53.3 Å². The van der Waals surface area contributed by atoms with Crippen LogP contribution >= 0.6 is 0 Å². The Bertz CT molecular complexity index is 694. The van der Waals surface area contributed by atoms with E-state index in [9.17, 15) is 14.7 Å². The van der Waals surface area contributed by atoms with Crippen LogP contribution in [0.2, 0.25) is 0 Å². The van der Waals surface area contributed by atoms with Gasteiger partial charge in [-0.25, -0.2) is 4.79 Å². The van der Waals surface area contributed by atoms with Crippen LogP contribution < -0.4 is 5.32 Å². The SMILES string of the molecule is CC[C@@](NC(=O)c1cc(C)nn1C)(C(=O)O)c1ccccc1. The van der Waals surface area contributed by atoms with E-state index in [4.69, 9.17) is 0 Å². The van der Waals surface area contributed by atoms with E-state index < -0.39 is 17.4 Å². The zero-order valence-corrected chi connectivity index (χ0v) is 12.8. The van der Waals surface area contributed by atoms with Gasteiger partial charge in [0.1, 0.15) is 5.69 Å². The molecule has 116 valence electrons. The number of nitrogens with one attached hydrogen (secondary N) is 1. The Kier molecular flexibility index (Phi) is 4.30. The summed E-state index contributed by atoms with van der Waals surface area (Å²) in [5, 5.41) is 16.5. The molecule has 0 saturated heterocycles. The second kappa shape index (κ2) is 6.01. The molecule has 6 nitrogen and oxygen atoms in total. The highest BCUT2D eigenvalue weighted by molar-refractivity contribution is 5.97. The van der Waals surface area contributed by atoms with Gasteiger partial charge in [-0.05, 0) is 25.0 Å². The van der Waals surface area contributed by atoms with Gasteiger partial charge in [-0.15, -0.1) is 0 Å². The molecule has 0 aliphatic heterocycles. The third-order valence-corrected chi connectivity index (χ3v) is 3.72. The van der Waals surface area contributed by atoms with E-state index in [1.807, 2.05) is 0 Å². The lowest BCUT2D eigenvalue weighted by molar-refractivity contribution is -0.145. The van der Waals surface area contributed by atoms with Gasteiger partial charge in [-0.2, -0.15) is 5.10 Å². The zero-order chi connectivity index (χ0) is 16.3. The summed E-state index contributed by atoms with van der Waals surface area (Å²) in [6.45, 7) is 3.51. The summed E-state index contributed by atoms with van der Waals surface area (Å²) in [5.74, 6) is -1.55. The van der Waals surface area contributed by atoms with Crippen LogP contribution in [0.1, 0.15) is 35.1 Å². The average molecular weight is 301 g/mol. The maximum Gasteiger partial charge on any atom is 0.334 e. The predicted molar refractivity (Wildman–Crippen MR) is 81.5 cm³/mol. The molecular formula is C16H19N3O3. The molecule has 1 aromatic carbocycles. The van der Waals surface area contributed by atoms with E-state index in [2.05, 4.69) is 10.4 Å². The molecule has 1 aromatic heterocycles. The molecule has 0 saturated carbocycles. The monoisotopic (exact) mass is 301 g/mol. The fourth-order valence-corrected chi connectivity index (χ4v) is 2.50. The fourth-order valence-electron chi connectivity index (χ4n) is 2.50. The standard InChI is InChI=1S/C16H19N3O3/c1-4-16(15(21)22,12-8-6-5-7-9-12)17-14(20)13-10-11(2)18-19(13)3/h5-10H,4H2,1-3H3,(H,17,20)(H,21,22)/t16-/m0/s1. The first-order chi connectivity index (χ1) is 10.4. The van der Waals surface area contributed by atoms with E-state index in [0.29, 0.717) is 17.0 Å². The van der Waals surface area contributed by atoms with Crippen molar-refractivity contribution < 1.29 is 14.7 Å². The summed E-state index contributed by atoms with van der Waals surface area (Å²) in [6.07, 6.45) is 0.231. The summed E-state index contributed by atoms with van der Waals surface area (Å²) in [5.41, 5.74) is 0.103. The normalized spacial score (nSPS) is 13.4. The van der Waals surface area contributed by atoms with Crippen molar-refractivity contribution in [1.82, 2.24) is 15.1 Å². The van der Waals surface area contributed by atoms with Crippen LogP contribution in [0.4, 0.5) is 0 Å². The van der Waals surface area contributed by atoms with Crippen molar-refractivity contribution in [1.29, 1.82) is 0 Å². The molecule has 2 rings (SSSR count). The van der Waals surface area contributed by atoms with Crippen LogP contribution in [0.3, 0.4) is 0 Å². The van der Waals surface area contributed by atoms with Gasteiger partial charge >= 0.3 is 5.97 Å². The van der Waals surface area contributed by atoms with E-state index in [0.717, 1.165) is 0 Å². The van der Waals surface area contributed by atoms with Crippen LogP contribution in [-0.2, 0) is 17.4 Å². The number of aryl methyl sites for hydroxylation is 2. The Morgan fingerprint density at radius 1 is 1.32 bits per heavy atom. The number of benzene rings is 1. The average Bonchev–Trinajstić information content (AvgIpc) is 2.84. The molecule has 22 heavy (non-hydrogen) atoms. The summed E-state index contributed by atoms with van der Waals surface area (Å²) >= 11 is 0. The fraction of sp³-hybridized carbons (Fsp3) is 0.312. The molecule has 6 heteroatoms. The van der Waals surface area contributed by atoms with Crippen molar-refractivity contribution in [2.45, 2.75) is 25.8 Å². The smallest absolute Gasteiger partial charge is 0.334 e. The highest BCUT2D eigenvalue weighted by atomic mass is 16.4. The Labute approximate surface area is 128 Å². The first-order valence-corrected chi connectivity index (χ1v) is 7.02. The number of carbonyl (C=O) groups excluding carboxylic acids is 1. The van der Waals surface area contributed by atoms with Crippen molar-refractivity contribution in [2.75, 3.05) is 0 Å². The number of hydrogen-bond donors (Lipinski definition) is 2. The van der Waals surface area contributed by atoms with Crippen molar-refractivity contribution in [3.63, 3.8) is 0 Å². The van der Waals surface area contributed by atoms with E-state index in [-0.39, 0.29) is 6.42 Å². The van der Waals surface area contributed by atoms with Crippen LogP contribution in [0, 0.1) is 6.92 Å². The van der Waals surface area contributed by atoms with E-state index in [1.165, 1.54) is 4.68 Å².